The summed E-state index contributed by atoms with van der Waals surface area (Å²) in [4.78, 5) is 31.3. The van der Waals surface area contributed by atoms with Crippen LogP contribution in [0.25, 0.3) is 10.4 Å². The van der Waals surface area contributed by atoms with Crippen molar-refractivity contribution in [2.45, 2.75) is 27.2 Å². The highest BCUT2D eigenvalue weighted by molar-refractivity contribution is 7.13. The van der Waals surface area contributed by atoms with E-state index in [2.05, 4.69) is 40.9 Å². The fourth-order valence-corrected chi connectivity index (χ4v) is 4.91. The monoisotopic (exact) mass is 437 g/mol. The SMILES string of the molecule is CCN1CCN(C(=O)c2c(C)noc2C)C[C@@H](Cc2ccc(-c3cccs3)cc2)C1=O. The smallest absolute Gasteiger partial charge is 0.259 e. The summed E-state index contributed by atoms with van der Waals surface area (Å²) in [7, 11) is 0. The highest BCUT2D eigenvalue weighted by Gasteiger charge is 2.33. The lowest BCUT2D eigenvalue weighted by Gasteiger charge is -2.23. The highest BCUT2D eigenvalue weighted by atomic mass is 32.1. The molecule has 1 fully saturated rings. The Hall–Kier alpha value is -2.93. The number of aromatic nitrogens is 1. The Balaban J connectivity index is 1.55. The summed E-state index contributed by atoms with van der Waals surface area (Å²) in [6.07, 6.45) is 0.603. The summed E-state index contributed by atoms with van der Waals surface area (Å²) < 4.78 is 5.19. The minimum Gasteiger partial charge on any atom is -0.361 e. The number of aryl methyl sites for hydroxylation is 2. The van der Waals surface area contributed by atoms with Crippen molar-refractivity contribution >= 4 is 23.2 Å². The number of amides is 2. The number of carbonyl (C=O) groups is 2. The van der Waals surface area contributed by atoms with Gasteiger partial charge >= 0.3 is 0 Å². The fourth-order valence-electron chi connectivity index (χ4n) is 4.17. The zero-order chi connectivity index (χ0) is 22.0. The van der Waals surface area contributed by atoms with Crippen molar-refractivity contribution in [1.82, 2.24) is 15.0 Å². The van der Waals surface area contributed by atoms with E-state index in [1.165, 1.54) is 10.4 Å². The zero-order valence-corrected chi connectivity index (χ0v) is 18.9. The van der Waals surface area contributed by atoms with Crippen LogP contribution in [0.2, 0.25) is 0 Å². The van der Waals surface area contributed by atoms with Crippen LogP contribution in [-0.4, -0.2) is 52.9 Å². The van der Waals surface area contributed by atoms with Gasteiger partial charge in [0.2, 0.25) is 5.91 Å². The maximum Gasteiger partial charge on any atom is 0.259 e. The molecule has 2 amide bonds. The van der Waals surface area contributed by atoms with Crippen molar-refractivity contribution in [3.05, 3.63) is 64.4 Å². The second-order valence-corrected chi connectivity index (χ2v) is 8.89. The van der Waals surface area contributed by atoms with Crippen LogP contribution >= 0.6 is 11.3 Å². The van der Waals surface area contributed by atoms with E-state index in [1.54, 1.807) is 30.1 Å². The second kappa shape index (κ2) is 9.06. The van der Waals surface area contributed by atoms with Crippen LogP contribution in [0.4, 0.5) is 0 Å². The first-order chi connectivity index (χ1) is 15.0. The Morgan fingerprint density at radius 3 is 2.58 bits per heavy atom. The molecular formula is C24H27N3O3S. The third-order valence-corrected chi connectivity index (χ3v) is 6.82. The lowest BCUT2D eigenvalue weighted by molar-refractivity contribution is -0.134. The number of likely N-dealkylation sites (N-methyl/N-ethyl adjacent to an activating group) is 1. The van der Waals surface area contributed by atoms with Crippen molar-refractivity contribution in [3.63, 3.8) is 0 Å². The first-order valence-electron chi connectivity index (χ1n) is 10.6. The molecule has 4 rings (SSSR count). The van der Waals surface area contributed by atoms with E-state index in [4.69, 9.17) is 4.52 Å². The van der Waals surface area contributed by atoms with E-state index < -0.39 is 0 Å². The van der Waals surface area contributed by atoms with Crippen molar-refractivity contribution < 1.29 is 14.1 Å². The molecule has 31 heavy (non-hydrogen) atoms. The molecule has 0 N–H and O–H groups in total. The van der Waals surface area contributed by atoms with Crippen molar-refractivity contribution in [2.75, 3.05) is 26.2 Å². The molecule has 0 bridgehead atoms. The Morgan fingerprint density at radius 2 is 1.97 bits per heavy atom. The van der Waals surface area contributed by atoms with Gasteiger partial charge in [0.15, 0.2) is 0 Å². The molecule has 1 aromatic carbocycles. The molecule has 1 atom stereocenters. The Morgan fingerprint density at radius 1 is 1.19 bits per heavy atom. The van der Waals surface area contributed by atoms with Crippen LogP contribution in [-0.2, 0) is 11.2 Å². The van der Waals surface area contributed by atoms with E-state index in [9.17, 15) is 9.59 Å². The normalized spacial score (nSPS) is 17.1. The van der Waals surface area contributed by atoms with Crippen LogP contribution in [0.3, 0.4) is 0 Å². The molecule has 3 aromatic rings. The first kappa shape index (κ1) is 21.3. The van der Waals surface area contributed by atoms with Gasteiger partial charge in [-0.3, -0.25) is 9.59 Å². The molecule has 1 saturated heterocycles. The van der Waals surface area contributed by atoms with Gasteiger partial charge in [0.1, 0.15) is 11.3 Å². The molecule has 162 valence electrons. The van der Waals surface area contributed by atoms with Gasteiger partial charge in [-0.05, 0) is 49.8 Å². The van der Waals surface area contributed by atoms with Gasteiger partial charge in [-0.1, -0.05) is 35.5 Å². The van der Waals surface area contributed by atoms with E-state index in [1.807, 2.05) is 17.9 Å². The molecule has 0 unspecified atom stereocenters. The lowest BCUT2D eigenvalue weighted by Crippen LogP contribution is -2.38. The quantitative estimate of drug-likeness (QED) is 0.601. The zero-order valence-electron chi connectivity index (χ0n) is 18.1. The fraction of sp³-hybridized carbons (Fsp3) is 0.375. The van der Waals surface area contributed by atoms with Gasteiger partial charge < -0.3 is 14.3 Å². The van der Waals surface area contributed by atoms with E-state index in [0.29, 0.717) is 49.6 Å². The number of benzene rings is 1. The summed E-state index contributed by atoms with van der Waals surface area (Å²) in [6.45, 7) is 7.59. The van der Waals surface area contributed by atoms with Crippen LogP contribution in [0.15, 0.2) is 46.3 Å². The summed E-state index contributed by atoms with van der Waals surface area (Å²) in [5, 5.41) is 5.99. The summed E-state index contributed by atoms with van der Waals surface area (Å²) in [5.74, 6) is 0.240. The summed E-state index contributed by atoms with van der Waals surface area (Å²) in [5.41, 5.74) is 3.38. The van der Waals surface area contributed by atoms with Crippen molar-refractivity contribution in [1.29, 1.82) is 0 Å². The molecule has 7 heteroatoms. The third kappa shape index (κ3) is 4.42. The van der Waals surface area contributed by atoms with Crippen molar-refractivity contribution in [3.8, 4) is 10.4 Å². The topological polar surface area (TPSA) is 66.7 Å². The molecule has 0 spiro atoms. The maximum absolute atomic E-state index is 13.2. The predicted molar refractivity (Wildman–Crippen MR) is 121 cm³/mol. The molecule has 3 heterocycles. The summed E-state index contributed by atoms with van der Waals surface area (Å²) in [6, 6.07) is 12.5. The number of carbonyl (C=O) groups excluding carboxylic acids is 2. The minimum absolute atomic E-state index is 0.110. The number of thiophene rings is 1. The standard InChI is InChI=1S/C24H27N3O3S/c1-4-26-11-12-27(24(29)22-16(2)25-30-17(22)3)15-20(23(26)28)14-18-7-9-19(10-8-18)21-6-5-13-31-21/h5-10,13,20H,4,11-12,14-15H2,1-3H3/t20-/m1/s1. The van der Waals surface area contributed by atoms with Crippen LogP contribution in [0, 0.1) is 19.8 Å². The molecule has 1 aliphatic heterocycles. The van der Waals surface area contributed by atoms with E-state index in [0.717, 1.165) is 5.56 Å². The average molecular weight is 438 g/mol. The number of rotatable bonds is 5. The molecule has 2 aromatic heterocycles. The molecule has 0 radical (unpaired) electrons. The predicted octanol–water partition coefficient (Wildman–Crippen LogP) is 4.18. The Labute approximate surface area is 186 Å². The third-order valence-electron chi connectivity index (χ3n) is 5.90. The molecule has 0 aliphatic carbocycles. The number of nitrogens with zero attached hydrogens (tertiary/aromatic N) is 3. The van der Waals surface area contributed by atoms with E-state index in [-0.39, 0.29) is 17.7 Å². The molecular weight excluding hydrogens is 410 g/mol. The minimum atomic E-state index is -0.278. The summed E-state index contributed by atoms with van der Waals surface area (Å²) >= 11 is 1.71. The average Bonchev–Trinajstić information content (AvgIpc) is 3.39. The van der Waals surface area contributed by atoms with Gasteiger partial charge in [-0.15, -0.1) is 11.3 Å². The Bertz CT molecular complexity index is 1040. The molecule has 1 aliphatic rings. The largest absolute Gasteiger partial charge is 0.361 e. The first-order valence-corrected chi connectivity index (χ1v) is 11.5. The Kier molecular flexibility index (Phi) is 6.23. The van der Waals surface area contributed by atoms with Gasteiger partial charge in [-0.25, -0.2) is 0 Å². The van der Waals surface area contributed by atoms with E-state index >= 15 is 0 Å². The molecule has 0 saturated carbocycles. The highest BCUT2D eigenvalue weighted by Crippen LogP contribution is 2.26. The number of hydrogen-bond donors (Lipinski definition) is 0. The number of hydrogen-bond acceptors (Lipinski definition) is 5. The van der Waals surface area contributed by atoms with Gasteiger partial charge in [-0.2, -0.15) is 0 Å². The van der Waals surface area contributed by atoms with Crippen LogP contribution < -0.4 is 0 Å². The van der Waals surface area contributed by atoms with Gasteiger partial charge in [0, 0.05) is 31.1 Å². The second-order valence-electron chi connectivity index (χ2n) is 7.94. The van der Waals surface area contributed by atoms with Gasteiger partial charge in [0.25, 0.3) is 5.91 Å². The lowest BCUT2D eigenvalue weighted by atomic mass is 9.96. The molecule has 6 nitrogen and oxygen atoms in total. The van der Waals surface area contributed by atoms with Crippen LogP contribution in [0.5, 0.6) is 0 Å². The van der Waals surface area contributed by atoms with Crippen molar-refractivity contribution in [2.24, 2.45) is 5.92 Å². The van der Waals surface area contributed by atoms with Crippen LogP contribution in [0.1, 0.15) is 34.3 Å². The van der Waals surface area contributed by atoms with Gasteiger partial charge in [0.05, 0.1) is 11.6 Å². The maximum atomic E-state index is 13.2.